The predicted octanol–water partition coefficient (Wildman–Crippen LogP) is 3.44. The maximum atomic E-state index is 8.90. The van der Waals surface area contributed by atoms with Gasteiger partial charge in [-0.3, -0.25) is 0 Å². The van der Waals surface area contributed by atoms with Crippen LogP contribution in [0.3, 0.4) is 0 Å². The summed E-state index contributed by atoms with van der Waals surface area (Å²) in [6.07, 6.45) is 8.19. The number of hydrogen-bond donors (Lipinski definition) is 1. The zero-order chi connectivity index (χ0) is 8.69. The summed E-state index contributed by atoms with van der Waals surface area (Å²) in [5, 5.41) is 8.90. The summed E-state index contributed by atoms with van der Waals surface area (Å²) in [5.41, 5.74) is 0. The van der Waals surface area contributed by atoms with Crippen molar-refractivity contribution in [3.63, 3.8) is 0 Å². The lowest BCUT2D eigenvalue weighted by Gasteiger charge is -2.05. The summed E-state index contributed by atoms with van der Waals surface area (Å²) < 4.78 is 0. The van der Waals surface area contributed by atoms with Crippen molar-refractivity contribution >= 4 is 0 Å². The number of allylic oxidation sites excluding steroid dienone is 4. The third kappa shape index (κ3) is 5.71. The van der Waals surface area contributed by atoms with E-state index in [1.54, 1.807) is 6.92 Å². The molecule has 11 heavy (non-hydrogen) atoms. The number of aliphatic hydroxyl groups excluding tert-OH is 1. The van der Waals surface area contributed by atoms with Gasteiger partial charge in [0.15, 0.2) is 0 Å². The van der Waals surface area contributed by atoms with Crippen LogP contribution < -0.4 is 0 Å². The Bertz CT molecular complexity index is 141. The lowest BCUT2D eigenvalue weighted by Crippen LogP contribution is -1.91. The van der Waals surface area contributed by atoms with E-state index in [0.717, 1.165) is 12.8 Å². The van der Waals surface area contributed by atoms with Crippen molar-refractivity contribution in [1.82, 2.24) is 0 Å². The second-order valence-corrected chi connectivity index (χ2v) is 2.78. The second kappa shape index (κ2) is 6.02. The Kier molecular flexibility index (Phi) is 5.63. The Labute approximate surface area is 69.4 Å². The van der Waals surface area contributed by atoms with Gasteiger partial charge in [0.2, 0.25) is 0 Å². The van der Waals surface area contributed by atoms with Crippen LogP contribution in [0.4, 0.5) is 0 Å². The van der Waals surface area contributed by atoms with Gasteiger partial charge in [-0.05, 0) is 38.7 Å². The van der Waals surface area contributed by atoms with E-state index in [1.807, 2.05) is 13.0 Å². The third-order valence-corrected chi connectivity index (χ3v) is 1.71. The van der Waals surface area contributed by atoms with Crippen LogP contribution >= 0.6 is 0 Å². The molecule has 0 saturated heterocycles. The molecule has 0 rings (SSSR count). The maximum absolute atomic E-state index is 8.90. The molecular formula is C10H18O. The highest BCUT2D eigenvalue weighted by atomic mass is 16.3. The van der Waals surface area contributed by atoms with Gasteiger partial charge in [0.05, 0.1) is 5.76 Å². The topological polar surface area (TPSA) is 20.2 Å². The fraction of sp³-hybridized carbons (Fsp3) is 0.600. The second-order valence-electron chi connectivity index (χ2n) is 2.78. The Morgan fingerprint density at radius 1 is 1.55 bits per heavy atom. The van der Waals surface area contributed by atoms with Gasteiger partial charge in [-0.15, -0.1) is 0 Å². The van der Waals surface area contributed by atoms with Gasteiger partial charge in [-0.2, -0.15) is 0 Å². The zero-order valence-corrected chi connectivity index (χ0v) is 7.67. The molecule has 1 unspecified atom stereocenters. The SMILES string of the molecule is C/C=C\C(CC)C/C=C(\C)O. The van der Waals surface area contributed by atoms with Crippen molar-refractivity contribution < 1.29 is 5.11 Å². The molecule has 0 bridgehead atoms. The van der Waals surface area contributed by atoms with Crippen LogP contribution in [0.1, 0.15) is 33.6 Å². The lowest BCUT2D eigenvalue weighted by atomic mass is 10.0. The molecule has 0 radical (unpaired) electrons. The van der Waals surface area contributed by atoms with Crippen molar-refractivity contribution in [2.75, 3.05) is 0 Å². The average Bonchev–Trinajstić information content (AvgIpc) is 1.97. The monoisotopic (exact) mass is 154 g/mol. The summed E-state index contributed by atoms with van der Waals surface area (Å²) >= 11 is 0. The van der Waals surface area contributed by atoms with Crippen molar-refractivity contribution in [2.45, 2.75) is 33.6 Å². The zero-order valence-electron chi connectivity index (χ0n) is 7.67. The molecule has 0 amide bonds. The summed E-state index contributed by atoms with van der Waals surface area (Å²) in [4.78, 5) is 0. The van der Waals surface area contributed by atoms with E-state index in [9.17, 15) is 0 Å². The molecule has 0 fully saturated rings. The molecule has 64 valence electrons. The van der Waals surface area contributed by atoms with Gasteiger partial charge in [0, 0.05) is 0 Å². The summed E-state index contributed by atoms with van der Waals surface area (Å²) in [5.74, 6) is 1.01. The summed E-state index contributed by atoms with van der Waals surface area (Å²) in [7, 11) is 0. The van der Waals surface area contributed by atoms with Crippen LogP contribution in [0.5, 0.6) is 0 Å². The molecule has 0 aromatic rings. The maximum Gasteiger partial charge on any atom is 0.0852 e. The summed E-state index contributed by atoms with van der Waals surface area (Å²) in [6.45, 7) is 5.89. The Balaban J connectivity index is 3.79. The quantitative estimate of drug-likeness (QED) is 0.486. The van der Waals surface area contributed by atoms with E-state index in [0.29, 0.717) is 11.7 Å². The number of hydrogen-bond acceptors (Lipinski definition) is 1. The van der Waals surface area contributed by atoms with Crippen LogP contribution in [-0.4, -0.2) is 5.11 Å². The first kappa shape index (κ1) is 10.3. The number of aliphatic hydroxyl groups is 1. The molecule has 0 aromatic carbocycles. The van der Waals surface area contributed by atoms with Crippen LogP contribution in [0, 0.1) is 5.92 Å². The summed E-state index contributed by atoms with van der Waals surface area (Å²) in [6, 6.07) is 0. The average molecular weight is 154 g/mol. The van der Waals surface area contributed by atoms with Crippen LogP contribution in [-0.2, 0) is 0 Å². The van der Waals surface area contributed by atoms with Gasteiger partial charge >= 0.3 is 0 Å². The van der Waals surface area contributed by atoms with Crippen molar-refractivity contribution in [1.29, 1.82) is 0 Å². The molecule has 1 N–H and O–H groups in total. The molecule has 0 aromatic heterocycles. The molecular weight excluding hydrogens is 136 g/mol. The van der Waals surface area contributed by atoms with Crippen molar-refractivity contribution in [3.05, 3.63) is 24.0 Å². The van der Waals surface area contributed by atoms with Gasteiger partial charge in [0.1, 0.15) is 0 Å². The molecule has 0 heterocycles. The highest BCUT2D eigenvalue weighted by molar-refractivity contribution is 4.93. The van der Waals surface area contributed by atoms with Crippen LogP contribution in [0.15, 0.2) is 24.0 Å². The van der Waals surface area contributed by atoms with Gasteiger partial charge < -0.3 is 5.11 Å². The minimum atomic E-state index is 0.424. The molecule has 0 aliphatic carbocycles. The third-order valence-electron chi connectivity index (χ3n) is 1.71. The first-order valence-electron chi connectivity index (χ1n) is 4.19. The largest absolute Gasteiger partial charge is 0.513 e. The first-order valence-corrected chi connectivity index (χ1v) is 4.19. The normalized spacial score (nSPS) is 15.7. The minimum Gasteiger partial charge on any atom is -0.513 e. The smallest absolute Gasteiger partial charge is 0.0852 e. The van der Waals surface area contributed by atoms with E-state index < -0.39 is 0 Å². The lowest BCUT2D eigenvalue weighted by molar-refractivity contribution is 0.408. The van der Waals surface area contributed by atoms with E-state index in [1.165, 1.54) is 0 Å². The molecule has 0 aliphatic heterocycles. The van der Waals surface area contributed by atoms with Crippen LogP contribution in [0.2, 0.25) is 0 Å². The molecule has 0 aliphatic rings. The Hall–Kier alpha value is -0.720. The van der Waals surface area contributed by atoms with Gasteiger partial charge in [-0.25, -0.2) is 0 Å². The highest BCUT2D eigenvalue weighted by Crippen LogP contribution is 2.11. The molecule has 1 atom stereocenters. The molecule has 0 saturated carbocycles. The highest BCUT2D eigenvalue weighted by Gasteiger charge is 1.97. The Morgan fingerprint density at radius 2 is 2.18 bits per heavy atom. The fourth-order valence-corrected chi connectivity index (χ4v) is 0.975. The van der Waals surface area contributed by atoms with E-state index in [2.05, 4.69) is 19.1 Å². The molecule has 1 heteroatoms. The molecule has 1 nitrogen and oxygen atoms in total. The number of rotatable bonds is 4. The van der Waals surface area contributed by atoms with E-state index >= 15 is 0 Å². The molecule has 0 spiro atoms. The predicted molar refractivity (Wildman–Crippen MR) is 49.6 cm³/mol. The van der Waals surface area contributed by atoms with Gasteiger partial charge in [0.25, 0.3) is 0 Å². The van der Waals surface area contributed by atoms with E-state index in [-0.39, 0.29) is 0 Å². The van der Waals surface area contributed by atoms with Crippen molar-refractivity contribution in [3.8, 4) is 0 Å². The van der Waals surface area contributed by atoms with E-state index in [4.69, 9.17) is 5.11 Å². The first-order chi connectivity index (χ1) is 5.20. The van der Waals surface area contributed by atoms with Crippen LogP contribution in [0.25, 0.3) is 0 Å². The van der Waals surface area contributed by atoms with Crippen molar-refractivity contribution in [2.24, 2.45) is 5.92 Å². The standard InChI is InChI=1S/C10H18O/c1-4-6-10(5-2)8-7-9(3)11/h4,6-7,10-11H,5,8H2,1-3H3/b6-4-,9-7+. The Morgan fingerprint density at radius 3 is 2.55 bits per heavy atom. The van der Waals surface area contributed by atoms with Gasteiger partial charge in [-0.1, -0.05) is 19.1 Å². The fourth-order valence-electron chi connectivity index (χ4n) is 0.975. The minimum absolute atomic E-state index is 0.424.